The summed E-state index contributed by atoms with van der Waals surface area (Å²) < 4.78 is 0. The number of hydrogen-bond donors (Lipinski definition) is 2. The number of hydrogen-bond acceptors (Lipinski definition) is 3. The van der Waals surface area contributed by atoms with E-state index in [1.54, 1.807) is 16.7 Å². The topological polar surface area (TPSA) is 52.6 Å². The van der Waals surface area contributed by atoms with E-state index in [-0.39, 0.29) is 11.9 Å². The van der Waals surface area contributed by atoms with Crippen LogP contribution in [0.2, 0.25) is 0 Å². The second-order valence-corrected chi connectivity index (χ2v) is 5.82. The van der Waals surface area contributed by atoms with E-state index in [0.29, 0.717) is 13.1 Å². The number of likely N-dealkylation sites (tertiary alicyclic amines) is 1. The molecule has 2 unspecified atom stereocenters. The summed E-state index contributed by atoms with van der Waals surface area (Å²) >= 11 is 1.64. The first-order valence-corrected chi connectivity index (χ1v) is 7.70. The first-order valence-electron chi connectivity index (χ1n) is 6.48. The van der Waals surface area contributed by atoms with Gasteiger partial charge in [-0.25, -0.2) is 4.79 Å². The molecule has 0 aromatic heterocycles. The first kappa shape index (κ1) is 14.2. The third-order valence-corrected chi connectivity index (χ3v) is 4.25. The molecule has 0 spiro atoms. The highest BCUT2D eigenvalue weighted by Crippen LogP contribution is 2.21. The van der Waals surface area contributed by atoms with Crippen molar-refractivity contribution in [3.8, 4) is 0 Å². The molecule has 19 heavy (non-hydrogen) atoms. The number of benzene rings is 1. The van der Waals surface area contributed by atoms with E-state index in [9.17, 15) is 9.90 Å². The Kier molecular flexibility index (Phi) is 4.71. The third-order valence-electron chi connectivity index (χ3n) is 3.53. The van der Waals surface area contributed by atoms with Crippen LogP contribution in [-0.2, 0) is 0 Å². The molecule has 0 saturated carbocycles. The number of β-amino-alcohol motifs (C(OH)–C–C–N with tert-alkyl or cyclic N) is 1. The smallest absolute Gasteiger partial charge is 0.321 e. The number of aliphatic hydroxyl groups excluding tert-OH is 1. The van der Waals surface area contributed by atoms with Gasteiger partial charge in [0.1, 0.15) is 0 Å². The van der Waals surface area contributed by atoms with Crippen molar-refractivity contribution in [2.24, 2.45) is 5.92 Å². The zero-order chi connectivity index (χ0) is 13.8. The highest BCUT2D eigenvalue weighted by atomic mass is 32.2. The van der Waals surface area contributed by atoms with Crippen LogP contribution in [0.25, 0.3) is 0 Å². The Labute approximate surface area is 118 Å². The van der Waals surface area contributed by atoms with Gasteiger partial charge in [0.2, 0.25) is 0 Å². The number of nitrogens with one attached hydrogen (secondary N) is 1. The number of piperidine rings is 1. The highest BCUT2D eigenvalue weighted by molar-refractivity contribution is 7.98. The first-order chi connectivity index (χ1) is 9.10. The van der Waals surface area contributed by atoms with Gasteiger partial charge in [0.25, 0.3) is 0 Å². The van der Waals surface area contributed by atoms with Gasteiger partial charge in [-0.3, -0.25) is 0 Å². The lowest BCUT2D eigenvalue weighted by Crippen LogP contribution is -2.47. The lowest BCUT2D eigenvalue weighted by Gasteiger charge is -2.34. The maximum Gasteiger partial charge on any atom is 0.321 e. The zero-order valence-corrected chi connectivity index (χ0v) is 12.1. The molecule has 0 aliphatic carbocycles. The molecule has 1 aliphatic heterocycles. The zero-order valence-electron chi connectivity index (χ0n) is 11.3. The number of urea groups is 1. The monoisotopic (exact) mass is 280 g/mol. The average Bonchev–Trinajstić information content (AvgIpc) is 2.42. The summed E-state index contributed by atoms with van der Waals surface area (Å²) in [4.78, 5) is 14.9. The summed E-state index contributed by atoms with van der Waals surface area (Å²) in [6.07, 6.45) is 2.43. The number of rotatable bonds is 2. The molecule has 0 radical (unpaired) electrons. The van der Waals surface area contributed by atoms with E-state index in [2.05, 4.69) is 5.32 Å². The summed E-state index contributed by atoms with van der Waals surface area (Å²) in [5, 5.41) is 12.7. The molecule has 4 nitrogen and oxygen atoms in total. The van der Waals surface area contributed by atoms with Crippen LogP contribution >= 0.6 is 11.8 Å². The average molecular weight is 280 g/mol. The lowest BCUT2D eigenvalue weighted by atomic mass is 9.96. The Balaban J connectivity index is 1.97. The molecule has 104 valence electrons. The fourth-order valence-corrected chi connectivity index (χ4v) is 2.60. The van der Waals surface area contributed by atoms with Gasteiger partial charge < -0.3 is 15.3 Å². The van der Waals surface area contributed by atoms with Crippen LogP contribution in [0.1, 0.15) is 13.3 Å². The number of anilines is 1. The van der Waals surface area contributed by atoms with Crippen LogP contribution in [0.5, 0.6) is 0 Å². The highest BCUT2D eigenvalue weighted by Gasteiger charge is 2.27. The second-order valence-electron chi connectivity index (χ2n) is 4.94. The van der Waals surface area contributed by atoms with E-state index in [4.69, 9.17) is 0 Å². The van der Waals surface area contributed by atoms with Gasteiger partial charge in [0.15, 0.2) is 0 Å². The predicted molar refractivity (Wildman–Crippen MR) is 78.6 cm³/mol. The molecule has 1 saturated heterocycles. The Morgan fingerprint density at radius 3 is 3.00 bits per heavy atom. The quantitative estimate of drug-likeness (QED) is 0.819. The number of nitrogens with zero attached hydrogens (tertiary/aromatic N) is 1. The van der Waals surface area contributed by atoms with Crippen molar-refractivity contribution in [2.45, 2.75) is 24.3 Å². The van der Waals surface area contributed by atoms with Gasteiger partial charge in [0.05, 0.1) is 6.10 Å². The lowest BCUT2D eigenvalue weighted by molar-refractivity contribution is 0.0464. The van der Waals surface area contributed by atoms with Crippen molar-refractivity contribution in [3.63, 3.8) is 0 Å². The molecule has 0 bridgehead atoms. The summed E-state index contributed by atoms with van der Waals surface area (Å²) in [5.41, 5.74) is 0.796. The van der Waals surface area contributed by atoms with Crippen LogP contribution in [0.4, 0.5) is 10.5 Å². The van der Waals surface area contributed by atoms with Gasteiger partial charge in [-0.2, -0.15) is 0 Å². The van der Waals surface area contributed by atoms with Gasteiger partial charge in [0, 0.05) is 23.7 Å². The number of carbonyl (C=O) groups excluding carboxylic acids is 1. The molecular formula is C14H20N2O2S. The fraction of sp³-hybridized carbons (Fsp3) is 0.500. The maximum atomic E-state index is 12.1. The largest absolute Gasteiger partial charge is 0.391 e. The van der Waals surface area contributed by atoms with E-state index in [0.717, 1.165) is 17.0 Å². The Morgan fingerprint density at radius 1 is 1.53 bits per heavy atom. The minimum atomic E-state index is -0.419. The molecule has 2 N–H and O–H groups in total. The van der Waals surface area contributed by atoms with Crippen LogP contribution in [0, 0.1) is 5.92 Å². The SMILES string of the molecule is CSc1cccc(NC(=O)N2CCC(C)C(O)C2)c1. The van der Waals surface area contributed by atoms with Gasteiger partial charge in [-0.05, 0) is 36.8 Å². The number of amides is 2. The molecule has 1 aliphatic rings. The van der Waals surface area contributed by atoms with E-state index < -0.39 is 6.10 Å². The molecule has 2 rings (SSSR count). The third kappa shape index (κ3) is 3.64. The molecule has 1 aromatic carbocycles. The predicted octanol–water partition coefficient (Wildman–Crippen LogP) is 2.64. The maximum absolute atomic E-state index is 12.1. The van der Waals surface area contributed by atoms with E-state index in [1.165, 1.54) is 0 Å². The van der Waals surface area contributed by atoms with Gasteiger partial charge in [-0.15, -0.1) is 11.8 Å². The van der Waals surface area contributed by atoms with Crippen molar-refractivity contribution in [1.29, 1.82) is 0 Å². The molecular weight excluding hydrogens is 260 g/mol. The molecule has 1 fully saturated rings. The number of carbonyl (C=O) groups is 1. The summed E-state index contributed by atoms with van der Waals surface area (Å²) in [5.74, 6) is 0.267. The number of thioether (sulfide) groups is 1. The molecule has 2 atom stereocenters. The minimum Gasteiger partial charge on any atom is -0.391 e. The Morgan fingerprint density at radius 2 is 2.32 bits per heavy atom. The minimum absolute atomic E-state index is 0.135. The van der Waals surface area contributed by atoms with Crippen molar-refractivity contribution in [2.75, 3.05) is 24.7 Å². The molecule has 5 heteroatoms. The van der Waals surface area contributed by atoms with E-state index in [1.807, 2.05) is 37.4 Å². The molecule has 1 heterocycles. The normalized spacial score (nSPS) is 23.2. The standard InChI is InChI=1S/C14H20N2O2S/c1-10-6-7-16(9-13(10)17)14(18)15-11-4-3-5-12(8-11)19-2/h3-5,8,10,13,17H,6-7,9H2,1-2H3,(H,15,18). The summed E-state index contributed by atoms with van der Waals surface area (Å²) in [6, 6.07) is 7.62. The van der Waals surface area contributed by atoms with Gasteiger partial charge >= 0.3 is 6.03 Å². The summed E-state index contributed by atoms with van der Waals surface area (Å²) in [6.45, 7) is 3.13. The van der Waals surface area contributed by atoms with E-state index >= 15 is 0 Å². The van der Waals surface area contributed by atoms with Crippen molar-refractivity contribution < 1.29 is 9.90 Å². The van der Waals surface area contributed by atoms with Crippen LogP contribution in [0.15, 0.2) is 29.2 Å². The fourth-order valence-electron chi connectivity index (χ4n) is 2.14. The van der Waals surface area contributed by atoms with Crippen LogP contribution in [0.3, 0.4) is 0 Å². The number of aliphatic hydroxyl groups is 1. The summed E-state index contributed by atoms with van der Waals surface area (Å²) in [7, 11) is 0. The van der Waals surface area contributed by atoms with Crippen molar-refractivity contribution in [1.82, 2.24) is 4.90 Å². The van der Waals surface area contributed by atoms with Crippen molar-refractivity contribution in [3.05, 3.63) is 24.3 Å². The molecule has 2 amide bonds. The van der Waals surface area contributed by atoms with Crippen LogP contribution < -0.4 is 5.32 Å². The van der Waals surface area contributed by atoms with Crippen molar-refractivity contribution >= 4 is 23.5 Å². The Bertz CT molecular complexity index is 453. The van der Waals surface area contributed by atoms with Gasteiger partial charge in [-0.1, -0.05) is 13.0 Å². The second kappa shape index (κ2) is 6.30. The Hall–Kier alpha value is -1.20. The van der Waals surface area contributed by atoms with Crippen LogP contribution in [-0.4, -0.2) is 41.5 Å². The molecule has 1 aromatic rings.